The Kier molecular flexibility index (Phi) is 5.69. The van der Waals surface area contributed by atoms with Crippen molar-refractivity contribution in [2.75, 3.05) is 20.2 Å². The third-order valence-electron chi connectivity index (χ3n) is 3.16. The number of halogens is 2. The van der Waals surface area contributed by atoms with E-state index in [0.717, 1.165) is 5.56 Å². The van der Waals surface area contributed by atoms with Crippen LogP contribution >= 0.6 is 30.1 Å². The molecule has 6 heteroatoms. The van der Waals surface area contributed by atoms with Crippen molar-refractivity contribution in [2.24, 2.45) is 5.92 Å². The van der Waals surface area contributed by atoms with Crippen molar-refractivity contribution in [3.05, 3.63) is 35.1 Å². The van der Waals surface area contributed by atoms with Crippen LogP contribution in [-0.4, -0.2) is 31.1 Å². The molecule has 1 aromatic carbocycles. The van der Waals surface area contributed by atoms with Crippen molar-refractivity contribution in [3.8, 4) is 11.2 Å². The second-order valence-corrected chi connectivity index (χ2v) is 6.21. The molecule has 0 atom stereocenters. The molecule has 0 N–H and O–H groups in total. The second-order valence-electron chi connectivity index (χ2n) is 4.53. The van der Waals surface area contributed by atoms with Gasteiger partial charge in [0.05, 0.1) is 18.6 Å². The first-order chi connectivity index (χ1) is 9.63. The van der Waals surface area contributed by atoms with E-state index in [2.05, 4.69) is 20.8 Å². The zero-order valence-electron chi connectivity index (χ0n) is 10.9. The average Bonchev–Trinajstić information content (AvgIpc) is 2.40. The summed E-state index contributed by atoms with van der Waals surface area (Å²) in [5, 5.41) is 2.76. The van der Waals surface area contributed by atoms with Crippen molar-refractivity contribution in [1.29, 1.82) is 0 Å². The Morgan fingerprint density at radius 1 is 1.60 bits per heavy atom. The second kappa shape index (κ2) is 7.29. The maximum absolute atomic E-state index is 13.8. The summed E-state index contributed by atoms with van der Waals surface area (Å²) in [6.07, 6.45) is 0. The number of carbonyl (C=O) groups is 1. The highest BCUT2D eigenvalue weighted by Crippen LogP contribution is 2.20. The van der Waals surface area contributed by atoms with Gasteiger partial charge in [-0.3, -0.25) is 9.69 Å². The van der Waals surface area contributed by atoms with Gasteiger partial charge in [0.1, 0.15) is 5.82 Å². The first-order valence-electron chi connectivity index (χ1n) is 6.01. The van der Waals surface area contributed by atoms with E-state index in [-0.39, 0.29) is 17.7 Å². The summed E-state index contributed by atoms with van der Waals surface area (Å²) in [5.41, 5.74) is 1.30. The smallest absolute Gasteiger partial charge is 0.311 e. The molecule has 3 nitrogen and oxygen atoms in total. The number of hydrogen-bond acceptors (Lipinski definition) is 4. The molecule has 0 spiro atoms. The number of ether oxygens (including phenoxy) is 1. The zero-order valence-corrected chi connectivity index (χ0v) is 13.8. The largest absolute Gasteiger partial charge is 0.469 e. The maximum atomic E-state index is 13.8. The van der Waals surface area contributed by atoms with Crippen molar-refractivity contribution in [1.82, 2.24) is 4.90 Å². The third kappa shape index (κ3) is 3.87. The lowest BCUT2D eigenvalue weighted by atomic mass is 9.99. The number of rotatable bonds is 3. The quantitative estimate of drug-likeness (QED) is 0.440. The molecule has 0 amide bonds. The lowest BCUT2D eigenvalue weighted by Gasteiger charge is -2.37. The lowest BCUT2D eigenvalue weighted by Crippen LogP contribution is -2.49. The van der Waals surface area contributed by atoms with Crippen LogP contribution in [-0.2, 0) is 16.1 Å². The third-order valence-corrected chi connectivity index (χ3v) is 4.00. The molecule has 1 aromatic rings. The highest BCUT2D eigenvalue weighted by Gasteiger charge is 2.33. The van der Waals surface area contributed by atoms with Crippen molar-refractivity contribution in [3.63, 3.8) is 0 Å². The molecule has 1 saturated heterocycles. The molecule has 0 bridgehead atoms. The predicted octanol–water partition coefficient (Wildman–Crippen LogP) is 2.82. The zero-order chi connectivity index (χ0) is 14.5. The van der Waals surface area contributed by atoms with Crippen LogP contribution in [0.15, 0.2) is 18.2 Å². The van der Waals surface area contributed by atoms with E-state index in [9.17, 15) is 9.18 Å². The van der Waals surface area contributed by atoms with Crippen LogP contribution < -0.4 is 0 Å². The molecule has 0 unspecified atom stereocenters. The van der Waals surface area contributed by atoms with Crippen LogP contribution in [0.5, 0.6) is 0 Å². The minimum absolute atomic E-state index is 0.0457. The number of carbonyl (C=O) groups excluding carboxylic acids is 1. The van der Waals surface area contributed by atoms with E-state index in [1.165, 1.54) is 22.1 Å². The molecule has 2 rings (SSSR count). The van der Waals surface area contributed by atoms with Gasteiger partial charge in [0, 0.05) is 40.8 Å². The fraction of sp³-hybridized carbons (Fsp3) is 0.357. The van der Waals surface area contributed by atoms with Gasteiger partial charge in [0.15, 0.2) is 0 Å². The van der Waals surface area contributed by atoms with Crippen LogP contribution in [0, 0.1) is 22.9 Å². The summed E-state index contributed by atoms with van der Waals surface area (Å²) >= 11 is 2.05. The Labute approximate surface area is 133 Å². The summed E-state index contributed by atoms with van der Waals surface area (Å²) in [5.74, 6) is 2.24. The molecule has 106 valence electrons. The molecule has 20 heavy (non-hydrogen) atoms. The fourth-order valence-corrected chi connectivity index (χ4v) is 2.58. The van der Waals surface area contributed by atoms with Gasteiger partial charge in [-0.05, 0) is 31.9 Å². The van der Waals surface area contributed by atoms with Gasteiger partial charge in [-0.1, -0.05) is 12.0 Å². The number of likely N-dealkylation sites (tertiary alicyclic amines) is 1. The predicted molar refractivity (Wildman–Crippen MR) is 85.7 cm³/mol. The molecule has 0 radical (unpaired) electrons. The monoisotopic (exact) mass is 405 g/mol. The average molecular weight is 405 g/mol. The lowest BCUT2D eigenvalue weighted by molar-refractivity contribution is -0.151. The van der Waals surface area contributed by atoms with Crippen LogP contribution in [0.4, 0.5) is 4.39 Å². The molecule has 1 aliphatic heterocycles. The van der Waals surface area contributed by atoms with E-state index >= 15 is 0 Å². The number of benzene rings is 1. The van der Waals surface area contributed by atoms with Gasteiger partial charge in [-0.15, -0.1) is 0 Å². The summed E-state index contributed by atoms with van der Waals surface area (Å²) in [4.78, 5) is 13.4. The summed E-state index contributed by atoms with van der Waals surface area (Å²) in [6, 6.07) is 5.08. The molecule has 1 heterocycles. The fourth-order valence-electron chi connectivity index (χ4n) is 2.11. The highest BCUT2D eigenvalue weighted by molar-refractivity contribution is 14.2. The first kappa shape index (κ1) is 15.6. The number of hydrogen-bond donors (Lipinski definition) is 0. The maximum Gasteiger partial charge on any atom is 0.311 e. The van der Waals surface area contributed by atoms with Gasteiger partial charge in [0.2, 0.25) is 0 Å². The van der Waals surface area contributed by atoms with Crippen LogP contribution in [0.1, 0.15) is 11.1 Å². The molecule has 1 fully saturated rings. The molecular formula is C14H13FINO2S. The number of methoxy groups -OCH3 is 1. The molecule has 0 aliphatic carbocycles. The minimum Gasteiger partial charge on any atom is -0.469 e. The van der Waals surface area contributed by atoms with Crippen LogP contribution in [0.25, 0.3) is 0 Å². The Morgan fingerprint density at radius 3 is 2.95 bits per heavy atom. The Bertz CT molecular complexity index is 564. The van der Waals surface area contributed by atoms with Gasteiger partial charge in [0.25, 0.3) is 0 Å². The topological polar surface area (TPSA) is 29.5 Å². The van der Waals surface area contributed by atoms with E-state index < -0.39 is 0 Å². The minimum atomic E-state index is -0.300. The van der Waals surface area contributed by atoms with Crippen molar-refractivity contribution in [2.45, 2.75) is 6.54 Å². The standard InChI is InChI=1S/C14H13FINO2S/c1-19-14(18)12-8-17(9-12)7-10-2-3-11(4-5-20-16)13(15)6-10/h2-3,6,12H,7-9H2,1H3. The molecular weight excluding hydrogens is 392 g/mol. The van der Waals surface area contributed by atoms with Gasteiger partial charge >= 0.3 is 5.97 Å². The molecule has 1 aliphatic rings. The summed E-state index contributed by atoms with van der Waals surface area (Å²) in [6.45, 7) is 1.97. The summed E-state index contributed by atoms with van der Waals surface area (Å²) in [7, 11) is 2.73. The van der Waals surface area contributed by atoms with Crippen molar-refractivity contribution >= 4 is 36.1 Å². The van der Waals surface area contributed by atoms with E-state index in [1.807, 2.05) is 27.3 Å². The normalized spacial score (nSPS) is 15.2. The molecule has 0 aromatic heterocycles. The Balaban J connectivity index is 1.92. The van der Waals surface area contributed by atoms with Gasteiger partial charge in [-0.25, -0.2) is 4.39 Å². The van der Waals surface area contributed by atoms with E-state index in [0.29, 0.717) is 25.2 Å². The van der Waals surface area contributed by atoms with E-state index in [1.54, 1.807) is 6.07 Å². The first-order valence-corrected chi connectivity index (χ1v) is 9.37. The van der Waals surface area contributed by atoms with Gasteiger partial charge in [-0.2, -0.15) is 0 Å². The number of esters is 1. The van der Waals surface area contributed by atoms with Crippen molar-refractivity contribution < 1.29 is 13.9 Å². The summed E-state index contributed by atoms with van der Waals surface area (Å²) < 4.78 is 18.5. The highest BCUT2D eigenvalue weighted by atomic mass is 127. The Hall–Kier alpha value is -0.780. The van der Waals surface area contributed by atoms with E-state index in [4.69, 9.17) is 0 Å². The number of nitrogens with zero attached hydrogens (tertiary/aromatic N) is 1. The molecule has 0 saturated carbocycles. The van der Waals surface area contributed by atoms with Crippen LogP contribution in [0.2, 0.25) is 0 Å². The van der Waals surface area contributed by atoms with Gasteiger partial charge < -0.3 is 4.74 Å². The SMILES string of the molecule is COC(=O)C1CN(Cc2ccc(C#CSI)c(F)c2)C1. The van der Waals surface area contributed by atoms with Crippen LogP contribution in [0.3, 0.4) is 0 Å². The Morgan fingerprint density at radius 2 is 2.35 bits per heavy atom.